The van der Waals surface area contributed by atoms with Crippen LogP contribution in [0.2, 0.25) is 0 Å². The van der Waals surface area contributed by atoms with Gasteiger partial charge in [-0.1, -0.05) is 26.0 Å². The molecule has 0 aliphatic heterocycles. The molecule has 0 heterocycles. The highest BCUT2D eigenvalue weighted by molar-refractivity contribution is 5.80. The summed E-state index contributed by atoms with van der Waals surface area (Å²) in [5.41, 5.74) is 2.27. The normalized spacial score (nSPS) is 12.5. The second-order valence-electron chi connectivity index (χ2n) is 6.40. The predicted octanol–water partition coefficient (Wildman–Crippen LogP) is 2.95. The van der Waals surface area contributed by atoms with Gasteiger partial charge < -0.3 is 15.0 Å². The molecular formula is C18H30N2O2. The van der Waals surface area contributed by atoms with E-state index in [1.54, 1.807) is 6.92 Å². The Kier molecular flexibility index (Phi) is 7.39. The molecule has 0 aromatic heterocycles. The van der Waals surface area contributed by atoms with Crippen LogP contribution in [0.5, 0.6) is 5.75 Å². The van der Waals surface area contributed by atoms with Crippen molar-refractivity contribution < 1.29 is 9.53 Å². The van der Waals surface area contributed by atoms with Gasteiger partial charge in [0, 0.05) is 6.54 Å². The summed E-state index contributed by atoms with van der Waals surface area (Å²) in [4.78, 5) is 14.2. The summed E-state index contributed by atoms with van der Waals surface area (Å²) < 4.78 is 5.91. The van der Waals surface area contributed by atoms with Gasteiger partial charge in [0.15, 0.2) is 6.10 Å². The average molecular weight is 306 g/mol. The highest BCUT2D eigenvalue weighted by Crippen LogP contribution is 2.28. The third kappa shape index (κ3) is 6.06. The summed E-state index contributed by atoms with van der Waals surface area (Å²) in [5.74, 6) is 1.12. The van der Waals surface area contributed by atoms with E-state index in [9.17, 15) is 4.79 Å². The third-order valence-corrected chi connectivity index (χ3v) is 3.55. The van der Waals surface area contributed by atoms with Gasteiger partial charge in [0.2, 0.25) is 0 Å². The Balaban J connectivity index is 2.58. The van der Waals surface area contributed by atoms with E-state index in [-0.39, 0.29) is 5.91 Å². The molecule has 0 aliphatic carbocycles. The van der Waals surface area contributed by atoms with Crippen LogP contribution < -0.4 is 10.1 Å². The van der Waals surface area contributed by atoms with Crippen LogP contribution in [0.25, 0.3) is 0 Å². The van der Waals surface area contributed by atoms with Gasteiger partial charge in [0.1, 0.15) is 5.75 Å². The monoisotopic (exact) mass is 306 g/mol. The fraction of sp³-hybridized carbons (Fsp3) is 0.611. The first-order chi connectivity index (χ1) is 10.3. The SMILES string of the molecule is Cc1ccc(C(C)C)c(O[C@H](C)C(=O)NCCCN(C)C)c1. The first kappa shape index (κ1) is 18.5. The number of hydrogen-bond donors (Lipinski definition) is 1. The minimum atomic E-state index is -0.487. The van der Waals surface area contributed by atoms with Crippen LogP contribution in [0.1, 0.15) is 44.2 Å². The summed E-state index contributed by atoms with van der Waals surface area (Å²) in [6.07, 6.45) is 0.450. The van der Waals surface area contributed by atoms with E-state index < -0.39 is 6.10 Å². The van der Waals surface area contributed by atoms with Gasteiger partial charge in [-0.2, -0.15) is 0 Å². The number of nitrogens with one attached hydrogen (secondary N) is 1. The number of carbonyl (C=O) groups is 1. The lowest BCUT2D eigenvalue weighted by atomic mass is 10.0. The van der Waals surface area contributed by atoms with Gasteiger partial charge in [0.25, 0.3) is 5.91 Å². The van der Waals surface area contributed by atoms with Crippen LogP contribution >= 0.6 is 0 Å². The van der Waals surface area contributed by atoms with Crippen LogP contribution in [0.15, 0.2) is 18.2 Å². The van der Waals surface area contributed by atoms with Crippen LogP contribution in [-0.2, 0) is 4.79 Å². The van der Waals surface area contributed by atoms with Crippen molar-refractivity contribution in [3.63, 3.8) is 0 Å². The standard InChI is InChI=1S/C18H30N2O2/c1-13(2)16-9-8-14(3)12-17(16)22-15(4)18(21)19-10-7-11-20(5)6/h8-9,12-13,15H,7,10-11H2,1-6H3,(H,19,21)/t15-/m1/s1. The van der Waals surface area contributed by atoms with Crippen molar-refractivity contribution in [3.05, 3.63) is 29.3 Å². The van der Waals surface area contributed by atoms with Gasteiger partial charge in [-0.3, -0.25) is 4.79 Å². The van der Waals surface area contributed by atoms with Crippen molar-refractivity contribution in [1.29, 1.82) is 0 Å². The zero-order chi connectivity index (χ0) is 16.7. The van der Waals surface area contributed by atoms with Crippen LogP contribution in [0, 0.1) is 6.92 Å². The molecule has 0 unspecified atom stereocenters. The second-order valence-corrected chi connectivity index (χ2v) is 6.40. The van der Waals surface area contributed by atoms with E-state index in [1.165, 1.54) is 0 Å². The number of hydrogen-bond acceptors (Lipinski definition) is 3. The Bertz CT molecular complexity index is 484. The lowest BCUT2D eigenvalue weighted by Gasteiger charge is -2.19. The highest BCUT2D eigenvalue weighted by atomic mass is 16.5. The lowest BCUT2D eigenvalue weighted by molar-refractivity contribution is -0.127. The largest absolute Gasteiger partial charge is 0.481 e. The van der Waals surface area contributed by atoms with Crippen molar-refractivity contribution >= 4 is 5.91 Å². The van der Waals surface area contributed by atoms with E-state index in [2.05, 4.69) is 36.2 Å². The van der Waals surface area contributed by atoms with Crippen molar-refractivity contribution in [1.82, 2.24) is 10.2 Å². The molecule has 1 aromatic rings. The maximum absolute atomic E-state index is 12.1. The Morgan fingerprint density at radius 1 is 1.27 bits per heavy atom. The number of rotatable bonds is 8. The van der Waals surface area contributed by atoms with E-state index in [4.69, 9.17) is 4.74 Å². The van der Waals surface area contributed by atoms with E-state index in [0.717, 1.165) is 29.8 Å². The number of nitrogens with zero attached hydrogens (tertiary/aromatic N) is 1. The molecule has 1 N–H and O–H groups in total. The van der Waals surface area contributed by atoms with Crippen molar-refractivity contribution in [2.75, 3.05) is 27.2 Å². The van der Waals surface area contributed by atoms with E-state index >= 15 is 0 Å². The molecule has 0 bridgehead atoms. The number of benzene rings is 1. The van der Waals surface area contributed by atoms with Crippen LogP contribution in [0.3, 0.4) is 0 Å². The summed E-state index contributed by atoms with van der Waals surface area (Å²) in [6, 6.07) is 6.16. The molecule has 1 rings (SSSR count). The smallest absolute Gasteiger partial charge is 0.260 e. The molecule has 124 valence electrons. The molecule has 0 aliphatic rings. The number of amides is 1. The molecule has 0 fully saturated rings. The topological polar surface area (TPSA) is 41.6 Å². The van der Waals surface area contributed by atoms with Crippen molar-refractivity contribution in [2.24, 2.45) is 0 Å². The van der Waals surface area contributed by atoms with Gasteiger partial charge in [-0.15, -0.1) is 0 Å². The number of carbonyl (C=O) groups excluding carboxylic acids is 1. The number of aryl methyl sites for hydroxylation is 1. The third-order valence-electron chi connectivity index (χ3n) is 3.55. The Hall–Kier alpha value is -1.55. The quantitative estimate of drug-likeness (QED) is 0.751. The fourth-order valence-electron chi connectivity index (χ4n) is 2.22. The number of ether oxygens (including phenoxy) is 1. The van der Waals surface area contributed by atoms with Crippen LogP contribution in [-0.4, -0.2) is 44.1 Å². The molecule has 0 saturated carbocycles. The first-order valence-electron chi connectivity index (χ1n) is 8.01. The van der Waals surface area contributed by atoms with Gasteiger partial charge in [-0.05, 0) is 64.0 Å². The van der Waals surface area contributed by atoms with Gasteiger partial charge >= 0.3 is 0 Å². The molecule has 4 nitrogen and oxygen atoms in total. The zero-order valence-corrected chi connectivity index (χ0v) is 14.8. The summed E-state index contributed by atoms with van der Waals surface area (Å²) >= 11 is 0. The summed E-state index contributed by atoms with van der Waals surface area (Å²) in [7, 11) is 4.05. The van der Waals surface area contributed by atoms with Gasteiger partial charge in [-0.25, -0.2) is 0 Å². The Morgan fingerprint density at radius 3 is 2.55 bits per heavy atom. The average Bonchev–Trinajstić information content (AvgIpc) is 2.42. The molecule has 0 radical (unpaired) electrons. The van der Waals surface area contributed by atoms with Crippen molar-refractivity contribution in [2.45, 2.75) is 46.1 Å². The second kappa shape index (κ2) is 8.79. The Labute approximate surface area is 134 Å². The molecular weight excluding hydrogens is 276 g/mol. The molecule has 4 heteroatoms. The van der Waals surface area contributed by atoms with Crippen molar-refractivity contribution in [3.8, 4) is 5.75 Å². The fourth-order valence-corrected chi connectivity index (χ4v) is 2.22. The minimum absolute atomic E-state index is 0.0602. The summed E-state index contributed by atoms with van der Waals surface area (Å²) in [5, 5.41) is 2.93. The predicted molar refractivity (Wildman–Crippen MR) is 91.5 cm³/mol. The molecule has 0 spiro atoms. The molecule has 22 heavy (non-hydrogen) atoms. The Morgan fingerprint density at radius 2 is 1.95 bits per heavy atom. The van der Waals surface area contributed by atoms with Crippen LogP contribution in [0.4, 0.5) is 0 Å². The van der Waals surface area contributed by atoms with E-state index in [1.807, 2.05) is 27.1 Å². The van der Waals surface area contributed by atoms with Gasteiger partial charge in [0.05, 0.1) is 0 Å². The first-order valence-corrected chi connectivity index (χ1v) is 8.01. The minimum Gasteiger partial charge on any atom is -0.481 e. The maximum Gasteiger partial charge on any atom is 0.260 e. The van der Waals surface area contributed by atoms with E-state index in [0.29, 0.717) is 12.5 Å². The highest BCUT2D eigenvalue weighted by Gasteiger charge is 2.17. The molecule has 1 amide bonds. The lowest BCUT2D eigenvalue weighted by Crippen LogP contribution is -2.37. The zero-order valence-electron chi connectivity index (χ0n) is 14.8. The maximum atomic E-state index is 12.1. The molecule has 1 aromatic carbocycles. The summed E-state index contributed by atoms with van der Waals surface area (Å²) in [6.45, 7) is 9.73. The molecule has 0 saturated heterocycles. The molecule has 1 atom stereocenters.